The zero-order chi connectivity index (χ0) is 12.4. The van der Waals surface area contributed by atoms with Gasteiger partial charge in [-0.05, 0) is 6.07 Å². The standard InChI is InChI=1S/C10H12Cl2N4S/c1-16-3-2-14-9(16)5-7(15-13)6-4-8(11)17-10(6)12/h2-4,7,15H,5,13H2,1H3. The Labute approximate surface area is 113 Å². The predicted octanol–water partition coefficient (Wildman–Crippen LogP) is 2.54. The van der Waals surface area contributed by atoms with Crippen LogP contribution in [0.15, 0.2) is 18.5 Å². The molecular weight excluding hydrogens is 279 g/mol. The van der Waals surface area contributed by atoms with Crippen molar-refractivity contribution in [2.75, 3.05) is 0 Å². The summed E-state index contributed by atoms with van der Waals surface area (Å²) in [6, 6.07) is 1.74. The molecule has 0 saturated carbocycles. The smallest absolute Gasteiger partial charge is 0.110 e. The van der Waals surface area contributed by atoms with Crippen LogP contribution in [-0.2, 0) is 13.5 Å². The van der Waals surface area contributed by atoms with E-state index in [1.165, 1.54) is 11.3 Å². The van der Waals surface area contributed by atoms with E-state index < -0.39 is 0 Å². The van der Waals surface area contributed by atoms with Gasteiger partial charge in [0.15, 0.2) is 0 Å². The molecule has 3 N–H and O–H groups in total. The second-order valence-electron chi connectivity index (χ2n) is 3.66. The van der Waals surface area contributed by atoms with Gasteiger partial charge in [0.25, 0.3) is 0 Å². The molecule has 0 aliphatic heterocycles. The van der Waals surface area contributed by atoms with Gasteiger partial charge in [0.1, 0.15) is 5.82 Å². The number of rotatable bonds is 4. The van der Waals surface area contributed by atoms with Crippen molar-refractivity contribution in [3.8, 4) is 0 Å². The molecule has 0 aliphatic rings. The Balaban J connectivity index is 2.23. The Morgan fingerprint density at radius 1 is 1.59 bits per heavy atom. The molecule has 2 aromatic rings. The van der Waals surface area contributed by atoms with Crippen molar-refractivity contribution in [1.29, 1.82) is 0 Å². The third-order valence-corrected chi connectivity index (χ3v) is 4.09. The number of nitrogens with one attached hydrogen (secondary N) is 1. The highest BCUT2D eigenvalue weighted by molar-refractivity contribution is 7.20. The van der Waals surface area contributed by atoms with Gasteiger partial charge in [-0.15, -0.1) is 11.3 Å². The van der Waals surface area contributed by atoms with Crippen molar-refractivity contribution in [2.45, 2.75) is 12.5 Å². The van der Waals surface area contributed by atoms with Gasteiger partial charge in [-0.1, -0.05) is 23.2 Å². The fourth-order valence-corrected chi connectivity index (χ4v) is 3.20. The number of nitrogens with two attached hydrogens (primary N) is 1. The maximum Gasteiger partial charge on any atom is 0.110 e. The van der Waals surface area contributed by atoms with Crippen LogP contribution >= 0.6 is 34.5 Å². The van der Waals surface area contributed by atoms with Crippen molar-refractivity contribution in [1.82, 2.24) is 15.0 Å². The summed E-state index contributed by atoms with van der Waals surface area (Å²) in [4.78, 5) is 4.26. The molecule has 1 atom stereocenters. The molecule has 0 bridgehead atoms. The van der Waals surface area contributed by atoms with E-state index in [1.54, 1.807) is 6.20 Å². The van der Waals surface area contributed by atoms with E-state index >= 15 is 0 Å². The fraction of sp³-hybridized carbons (Fsp3) is 0.300. The van der Waals surface area contributed by atoms with Crippen LogP contribution in [0.25, 0.3) is 0 Å². The largest absolute Gasteiger partial charge is 0.338 e. The van der Waals surface area contributed by atoms with Gasteiger partial charge in [-0.25, -0.2) is 4.98 Å². The Kier molecular flexibility index (Phi) is 4.06. The van der Waals surface area contributed by atoms with Crippen LogP contribution in [0.1, 0.15) is 17.4 Å². The molecule has 0 fully saturated rings. The molecule has 92 valence electrons. The monoisotopic (exact) mass is 290 g/mol. The van der Waals surface area contributed by atoms with E-state index in [1.807, 2.05) is 23.9 Å². The second kappa shape index (κ2) is 5.37. The first-order valence-corrected chi connectivity index (χ1v) is 6.56. The van der Waals surface area contributed by atoms with Crippen molar-refractivity contribution in [2.24, 2.45) is 12.9 Å². The summed E-state index contributed by atoms with van der Waals surface area (Å²) in [6.07, 6.45) is 4.31. The average molecular weight is 291 g/mol. The zero-order valence-corrected chi connectivity index (χ0v) is 11.5. The van der Waals surface area contributed by atoms with Crippen LogP contribution in [0.2, 0.25) is 8.67 Å². The van der Waals surface area contributed by atoms with Gasteiger partial charge in [0.05, 0.1) is 14.7 Å². The van der Waals surface area contributed by atoms with Crippen molar-refractivity contribution >= 4 is 34.5 Å². The predicted molar refractivity (Wildman–Crippen MR) is 71.3 cm³/mol. The van der Waals surface area contributed by atoms with Gasteiger partial charge in [0, 0.05) is 31.4 Å². The lowest BCUT2D eigenvalue weighted by molar-refractivity contribution is 0.532. The molecule has 0 spiro atoms. The summed E-state index contributed by atoms with van der Waals surface area (Å²) >= 11 is 13.4. The van der Waals surface area contributed by atoms with E-state index in [4.69, 9.17) is 29.0 Å². The molecule has 17 heavy (non-hydrogen) atoms. The van der Waals surface area contributed by atoms with E-state index in [2.05, 4.69) is 10.4 Å². The third kappa shape index (κ3) is 2.81. The number of thiophene rings is 1. The number of hydrogen-bond donors (Lipinski definition) is 2. The number of hydrazine groups is 1. The molecule has 0 aromatic carbocycles. The molecule has 4 nitrogen and oxygen atoms in total. The quantitative estimate of drug-likeness (QED) is 0.672. The van der Waals surface area contributed by atoms with Crippen LogP contribution in [0.4, 0.5) is 0 Å². The molecule has 7 heteroatoms. The van der Waals surface area contributed by atoms with Gasteiger partial charge in [-0.3, -0.25) is 11.3 Å². The van der Waals surface area contributed by atoms with Gasteiger partial charge < -0.3 is 4.57 Å². The van der Waals surface area contributed by atoms with Crippen LogP contribution in [-0.4, -0.2) is 9.55 Å². The number of halogens is 2. The zero-order valence-electron chi connectivity index (χ0n) is 9.15. The highest BCUT2D eigenvalue weighted by Crippen LogP contribution is 2.35. The average Bonchev–Trinajstić information content (AvgIpc) is 2.82. The summed E-state index contributed by atoms with van der Waals surface area (Å²) < 4.78 is 3.27. The molecule has 2 rings (SSSR count). The van der Waals surface area contributed by atoms with Crippen LogP contribution < -0.4 is 11.3 Å². The highest BCUT2D eigenvalue weighted by atomic mass is 35.5. The molecule has 0 saturated heterocycles. The summed E-state index contributed by atoms with van der Waals surface area (Å²) in [7, 11) is 1.94. The first kappa shape index (κ1) is 12.9. The number of imidazole rings is 1. The molecule has 0 aliphatic carbocycles. The normalized spacial score (nSPS) is 12.9. The summed E-state index contributed by atoms with van der Waals surface area (Å²) in [5, 5.41) is 0. The third-order valence-electron chi connectivity index (χ3n) is 2.57. The maximum absolute atomic E-state index is 6.11. The Bertz CT molecular complexity index is 508. The van der Waals surface area contributed by atoms with Crippen LogP contribution in [0.5, 0.6) is 0 Å². The minimum Gasteiger partial charge on any atom is -0.338 e. The topological polar surface area (TPSA) is 55.9 Å². The Morgan fingerprint density at radius 2 is 2.35 bits per heavy atom. The number of aryl methyl sites for hydroxylation is 1. The lowest BCUT2D eigenvalue weighted by Crippen LogP contribution is -2.30. The number of nitrogens with zero attached hydrogens (tertiary/aromatic N) is 2. The van der Waals surface area contributed by atoms with Crippen LogP contribution in [0, 0.1) is 0 Å². The highest BCUT2D eigenvalue weighted by Gasteiger charge is 2.18. The molecular formula is C10H12Cl2N4S. The Hall–Kier alpha value is -0.590. The minimum atomic E-state index is -0.0904. The summed E-state index contributed by atoms with van der Waals surface area (Å²) in [5.74, 6) is 6.50. The van der Waals surface area contributed by atoms with Gasteiger partial charge >= 0.3 is 0 Å². The van der Waals surface area contributed by atoms with Crippen molar-refractivity contribution < 1.29 is 0 Å². The molecule has 2 heterocycles. The van der Waals surface area contributed by atoms with Crippen molar-refractivity contribution in [3.63, 3.8) is 0 Å². The minimum absolute atomic E-state index is 0.0904. The van der Waals surface area contributed by atoms with E-state index in [-0.39, 0.29) is 6.04 Å². The number of aromatic nitrogens is 2. The van der Waals surface area contributed by atoms with E-state index in [0.717, 1.165) is 11.4 Å². The molecule has 2 aromatic heterocycles. The lowest BCUT2D eigenvalue weighted by atomic mass is 10.1. The van der Waals surface area contributed by atoms with E-state index in [0.29, 0.717) is 15.1 Å². The summed E-state index contributed by atoms with van der Waals surface area (Å²) in [5.41, 5.74) is 3.66. The van der Waals surface area contributed by atoms with E-state index in [9.17, 15) is 0 Å². The SMILES string of the molecule is Cn1ccnc1CC(NN)c1cc(Cl)sc1Cl. The van der Waals surface area contributed by atoms with Crippen LogP contribution in [0.3, 0.4) is 0 Å². The Morgan fingerprint density at radius 3 is 2.82 bits per heavy atom. The number of hydrogen-bond acceptors (Lipinski definition) is 4. The second-order valence-corrected chi connectivity index (χ2v) is 5.94. The molecule has 1 unspecified atom stereocenters. The van der Waals surface area contributed by atoms with Gasteiger partial charge in [-0.2, -0.15) is 0 Å². The first-order chi connectivity index (χ1) is 8.11. The first-order valence-electron chi connectivity index (χ1n) is 4.99. The fourth-order valence-electron chi connectivity index (χ4n) is 1.62. The summed E-state index contributed by atoms with van der Waals surface area (Å²) in [6.45, 7) is 0. The molecule has 0 amide bonds. The van der Waals surface area contributed by atoms with Gasteiger partial charge in [0.2, 0.25) is 0 Å². The van der Waals surface area contributed by atoms with Crippen molar-refractivity contribution in [3.05, 3.63) is 38.5 Å². The molecule has 0 radical (unpaired) electrons. The lowest BCUT2D eigenvalue weighted by Gasteiger charge is -2.14. The maximum atomic E-state index is 6.11.